The van der Waals surface area contributed by atoms with Crippen LogP contribution < -0.4 is 10.2 Å². The summed E-state index contributed by atoms with van der Waals surface area (Å²) in [4.78, 5) is 15.8. The first-order valence-electron chi connectivity index (χ1n) is 7.16. The fraction of sp³-hybridized carbons (Fsp3) is 0.250. The van der Waals surface area contributed by atoms with E-state index >= 15 is 0 Å². The van der Waals surface area contributed by atoms with E-state index in [2.05, 4.69) is 10.4 Å². The second-order valence-corrected chi connectivity index (χ2v) is 5.22. The molecule has 0 amide bonds. The molecule has 0 saturated heterocycles. The molecule has 0 saturated carbocycles. The standard InChI is InChI=1S/C16H17N3O4/c1-23-12-3-2-10-6-9-19(18-11-4-7-17-8-5-11)14(16(21)22)13(10)15(12)20/h2-5,7-8,14,20H,6,9H2,1H3,(H,17,18)(H,21,22). The van der Waals surface area contributed by atoms with E-state index in [9.17, 15) is 15.0 Å². The molecular weight excluding hydrogens is 298 g/mol. The number of carboxylic acid groups (broad SMARTS) is 1. The van der Waals surface area contributed by atoms with Crippen LogP contribution in [0.25, 0.3) is 0 Å². The summed E-state index contributed by atoms with van der Waals surface area (Å²) in [6, 6.07) is 5.94. The average Bonchev–Trinajstić information content (AvgIpc) is 2.56. The molecule has 120 valence electrons. The van der Waals surface area contributed by atoms with Gasteiger partial charge in [-0.15, -0.1) is 0 Å². The van der Waals surface area contributed by atoms with Crippen LogP contribution in [0.3, 0.4) is 0 Å². The summed E-state index contributed by atoms with van der Waals surface area (Å²) < 4.78 is 5.10. The second-order valence-electron chi connectivity index (χ2n) is 5.22. The van der Waals surface area contributed by atoms with Crippen LogP contribution in [-0.4, -0.2) is 39.8 Å². The first-order valence-corrected chi connectivity index (χ1v) is 7.16. The number of carboxylic acids is 1. The van der Waals surface area contributed by atoms with Gasteiger partial charge in [0.15, 0.2) is 17.5 Å². The van der Waals surface area contributed by atoms with Crippen LogP contribution in [0.5, 0.6) is 11.5 Å². The highest BCUT2D eigenvalue weighted by Gasteiger charge is 2.36. The van der Waals surface area contributed by atoms with Crippen LogP contribution in [0.2, 0.25) is 0 Å². The normalized spacial score (nSPS) is 17.3. The summed E-state index contributed by atoms with van der Waals surface area (Å²) in [5.74, 6) is -0.907. The van der Waals surface area contributed by atoms with Crippen LogP contribution in [0.4, 0.5) is 5.69 Å². The van der Waals surface area contributed by atoms with Gasteiger partial charge in [0.05, 0.1) is 12.8 Å². The highest BCUT2D eigenvalue weighted by molar-refractivity contribution is 5.79. The number of anilines is 1. The first-order chi connectivity index (χ1) is 11.1. The fourth-order valence-corrected chi connectivity index (χ4v) is 2.81. The maximum Gasteiger partial charge on any atom is 0.327 e. The number of carbonyl (C=O) groups is 1. The van der Waals surface area contributed by atoms with Crippen LogP contribution in [0, 0.1) is 0 Å². The van der Waals surface area contributed by atoms with Gasteiger partial charge in [0.2, 0.25) is 0 Å². The number of ether oxygens (including phenoxy) is 1. The Kier molecular flexibility index (Phi) is 4.03. The van der Waals surface area contributed by atoms with E-state index in [4.69, 9.17) is 4.74 Å². The van der Waals surface area contributed by atoms with Crippen molar-refractivity contribution in [2.24, 2.45) is 0 Å². The topological polar surface area (TPSA) is 94.9 Å². The summed E-state index contributed by atoms with van der Waals surface area (Å²) >= 11 is 0. The van der Waals surface area contributed by atoms with Gasteiger partial charge in [-0.25, -0.2) is 5.01 Å². The number of hydrogen-bond donors (Lipinski definition) is 3. The number of nitrogens with one attached hydrogen (secondary N) is 1. The van der Waals surface area contributed by atoms with E-state index in [1.807, 2.05) is 0 Å². The lowest BCUT2D eigenvalue weighted by Gasteiger charge is -2.35. The lowest BCUT2D eigenvalue weighted by atomic mass is 9.92. The van der Waals surface area contributed by atoms with Gasteiger partial charge in [-0.2, -0.15) is 0 Å². The van der Waals surface area contributed by atoms with Gasteiger partial charge < -0.3 is 20.4 Å². The first kappa shape index (κ1) is 15.1. The van der Waals surface area contributed by atoms with Crippen LogP contribution in [0.1, 0.15) is 17.2 Å². The molecule has 1 aliphatic rings. The Bertz CT molecular complexity index is 721. The van der Waals surface area contributed by atoms with E-state index < -0.39 is 12.0 Å². The Labute approximate surface area is 133 Å². The number of methoxy groups -OCH3 is 1. The number of phenols is 1. The van der Waals surface area contributed by atoms with Crippen molar-refractivity contribution in [3.8, 4) is 11.5 Å². The molecule has 2 aromatic rings. The number of benzene rings is 1. The second kappa shape index (κ2) is 6.13. The number of phenolic OH excluding ortho intramolecular Hbond substituents is 1. The van der Waals surface area contributed by atoms with Crippen molar-refractivity contribution in [2.45, 2.75) is 12.5 Å². The molecule has 1 aromatic heterocycles. The number of aromatic hydroxyl groups is 1. The predicted molar refractivity (Wildman–Crippen MR) is 83.3 cm³/mol. The van der Waals surface area contributed by atoms with E-state index in [1.165, 1.54) is 7.11 Å². The molecule has 0 bridgehead atoms. The third-order valence-electron chi connectivity index (χ3n) is 3.88. The molecule has 2 heterocycles. The number of aliphatic carboxylic acids is 1. The Hall–Kier alpha value is -2.80. The molecule has 0 fully saturated rings. The largest absolute Gasteiger partial charge is 0.504 e. The molecule has 3 rings (SSSR count). The van der Waals surface area contributed by atoms with Crippen LogP contribution >= 0.6 is 0 Å². The van der Waals surface area contributed by atoms with Gasteiger partial charge in [0, 0.05) is 24.5 Å². The lowest BCUT2D eigenvalue weighted by molar-refractivity contribution is -0.143. The zero-order valence-electron chi connectivity index (χ0n) is 12.6. The van der Waals surface area contributed by atoms with Crippen LogP contribution in [-0.2, 0) is 11.2 Å². The maximum atomic E-state index is 11.8. The van der Waals surface area contributed by atoms with Gasteiger partial charge in [0.25, 0.3) is 0 Å². The summed E-state index contributed by atoms with van der Waals surface area (Å²) in [6.07, 6.45) is 3.86. The van der Waals surface area contributed by atoms with Crippen molar-refractivity contribution in [3.05, 3.63) is 47.8 Å². The smallest absolute Gasteiger partial charge is 0.327 e. The molecule has 23 heavy (non-hydrogen) atoms. The highest BCUT2D eigenvalue weighted by Crippen LogP contribution is 2.41. The molecule has 1 unspecified atom stereocenters. The Morgan fingerprint density at radius 1 is 1.35 bits per heavy atom. The fourth-order valence-electron chi connectivity index (χ4n) is 2.81. The Morgan fingerprint density at radius 2 is 2.09 bits per heavy atom. The molecule has 3 N–H and O–H groups in total. The summed E-state index contributed by atoms with van der Waals surface area (Å²) in [5, 5.41) is 21.7. The quantitative estimate of drug-likeness (QED) is 0.792. The van der Waals surface area contributed by atoms with E-state index in [1.54, 1.807) is 41.7 Å². The number of hydrogen-bond acceptors (Lipinski definition) is 6. The molecule has 7 heteroatoms. The predicted octanol–water partition coefficient (Wildman–Crippen LogP) is 1.81. The third-order valence-corrected chi connectivity index (χ3v) is 3.88. The number of aromatic nitrogens is 1. The minimum atomic E-state index is -1.05. The highest BCUT2D eigenvalue weighted by atomic mass is 16.5. The van der Waals surface area contributed by atoms with E-state index in [-0.39, 0.29) is 11.5 Å². The number of hydrazine groups is 1. The summed E-state index contributed by atoms with van der Waals surface area (Å²) in [7, 11) is 1.44. The molecule has 0 spiro atoms. The number of pyridine rings is 1. The molecular formula is C16H17N3O4. The van der Waals surface area contributed by atoms with E-state index in [0.29, 0.717) is 18.5 Å². The van der Waals surface area contributed by atoms with Gasteiger partial charge in [-0.3, -0.25) is 9.78 Å². The Balaban J connectivity index is 2.00. The van der Waals surface area contributed by atoms with Crippen LogP contribution in [0.15, 0.2) is 36.7 Å². The molecule has 1 aliphatic heterocycles. The number of nitrogens with zero attached hydrogens (tertiary/aromatic N) is 2. The molecule has 0 aliphatic carbocycles. The van der Waals surface area contributed by atoms with Gasteiger partial charge in [0.1, 0.15) is 0 Å². The third kappa shape index (κ3) is 2.78. The van der Waals surface area contributed by atoms with Gasteiger partial charge >= 0.3 is 5.97 Å². The Morgan fingerprint density at radius 3 is 2.74 bits per heavy atom. The van der Waals surface area contributed by atoms with Crippen molar-refractivity contribution >= 4 is 11.7 Å². The minimum absolute atomic E-state index is 0.126. The minimum Gasteiger partial charge on any atom is -0.504 e. The lowest BCUT2D eigenvalue weighted by Crippen LogP contribution is -2.43. The zero-order valence-corrected chi connectivity index (χ0v) is 12.6. The summed E-state index contributed by atoms with van der Waals surface area (Å²) in [5.41, 5.74) is 4.99. The molecule has 1 aromatic carbocycles. The molecule has 0 radical (unpaired) electrons. The van der Waals surface area contributed by atoms with Crippen molar-refractivity contribution in [1.82, 2.24) is 9.99 Å². The SMILES string of the molecule is COc1ccc2c(c1O)C(C(=O)O)N(Nc1ccncc1)CC2. The van der Waals surface area contributed by atoms with Crippen molar-refractivity contribution in [2.75, 3.05) is 19.1 Å². The van der Waals surface area contributed by atoms with Gasteiger partial charge in [-0.1, -0.05) is 6.07 Å². The molecule has 1 atom stereocenters. The number of fused-ring (bicyclic) bond motifs is 1. The van der Waals surface area contributed by atoms with E-state index in [0.717, 1.165) is 11.3 Å². The van der Waals surface area contributed by atoms with Gasteiger partial charge in [-0.05, 0) is 30.2 Å². The van der Waals surface area contributed by atoms with Crippen molar-refractivity contribution < 1.29 is 19.7 Å². The van der Waals surface area contributed by atoms with Crippen molar-refractivity contribution in [3.63, 3.8) is 0 Å². The molecule has 7 nitrogen and oxygen atoms in total. The zero-order chi connectivity index (χ0) is 16.4. The average molecular weight is 315 g/mol. The maximum absolute atomic E-state index is 11.8. The monoisotopic (exact) mass is 315 g/mol. The number of rotatable bonds is 4. The summed E-state index contributed by atoms with van der Waals surface area (Å²) in [6.45, 7) is 0.498. The van der Waals surface area contributed by atoms with Crippen molar-refractivity contribution in [1.29, 1.82) is 0 Å².